The average molecular weight is 740 g/mol. The number of quaternary nitrogens is 1. The number of likely N-dealkylation sites (N-methyl/N-ethyl adjacent to an activating group) is 1. The first-order valence-corrected chi connectivity index (χ1v) is 21.5. The minimum absolute atomic E-state index is 0.0359. The standard InChI is InChI=1S/C41H75N2O7P/c1-6-8-10-12-14-15-16-17-18-19-21-25-29-33-40(45)39(37-50-51(47,48)49-36-35-43(3,4)5)42-41(46)34-30-26-22-24-28-32-38(44)31-27-23-20-13-11-9-7-2/h10,12,20,23,27,29,31,33,39-40,45H,6-9,11,13-19,21-22,24-26,28,30,32,34-37H2,1-5H3,(H-,42,46,47,48)/p+1/b12-10-,23-20-,31-27+,33-29+/t39-,40+/m0/s1. The molecule has 0 aromatic carbocycles. The number of hydrogen-bond acceptors (Lipinski definition) is 6. The lowest BCUT2D eigenvalue weighted by Crippen LogP contribution is -2.45. The molecule has 51 heavy (non-hydrogen) atoms. The molecule has 0 saturated carbocycles. The molecule has 0 spiro atoms. The van der Waals surface area contributed by atoms with Crippen LogP contribution in [0.2, 0.25) is 0 Å². The predicted molar refractivity (Wildman–Crippen MR) is 212 cm³/mol. The second-order valence-electron chi connectivity index (χ2n) is 14.7. The third-order valence-corrected chi connectivity index (χ3v) is 9.45. The highest BCUT2D eigenvalue weighted by Gasteiger charge is 2.27. The smallest absolute Gasteiger partial charge is 0.387 e. The number of unbranched alkanes of at least 4 members (excludes halogenated alkanes) is 15. The number of nitrogens with one attached hydrogen (secondary N) is 1. The number of aliphatic hydroxyl groups excluding tert-OH is 1. The van der Waals surface area contributed by atoms with Gasteiger partial charge >= 0.3 is 7.82 Å². The Morgan fingerprint density at radius 2 is 1.27 bits per heavy atom. The van der Waals surface area contributed by atoms with E-state index in [1.165, 1.54) is 57.8 Å². The van der Waals surface area contributed by atoms with E-state index in [0.717, 1.165) is 57.8 Å². The van der Waals surface area contributed by atoms with E-state index in [4.69, 9.17) is 9.05 Å². The molecule has 3 atom stereocenters. The molecule has 0 radical (unpaired) electrons. The number of hydrogen-bond donors (Lipinski definition) is 3. The summed E-state index contributed by atoms with van der Waals surface area (Å²) in [7, 11) is 1.48. The fourth-order valence-corrected chi connectivity index (χ4v) is 5.93. The summed E-state index contributed by atoms with van der Waals surface area (Å²) in [5.74, 6) is -0.116. The summed E-state index contributed by atoms with van der Waals surface area (Å²) < 4.78 is 23.4. The van der Waals surface area contributed by atoms with Crippen LogP contribution in [0.4, 0.5) is 0 Å². The van der Waals surface area contributed by atoms with E-state index in [1.54, 1.807) is 12.2 Å². The number of ketones is 1. The second kappa shape index (κ2) is 32.8. The van der Waals surface area contributed by atoms with Gasteiger partial charge in [0.25, 0.3) is 0 Å². The van der Waals surface area contributed by atoms with Crippen LogP contribution in [0.15, 0.2) is 48.6 Å². The first kappa shape index (κ1) is 49.1. The Bertz CT molecular complexity index is 1040. The molecule has 0 aromatic heterocycles. The van der Waals surface area contributed by atoms with E-state index < -0.39 is 20.0 Å². The molecule has 0 saturated heterocycles. The van der Waals surface area contributed by atoms with Crippen LogP contribution in [0.5, 0.6) is 0 Å². The van der Waals surface area contributed by atoms with Crippen molar-refractivity contribution in [3.05, 3.63) is 48.6 Å². The van der Waals surface area contributed by atoms with Crippen molar-refractivity contribution in [1.29, 1.82) is 0 Å². The molecule has 0 aliphatic carbocycles. The van der Waals surface area contributed by atoms with Gasteiger partial charge in [0.2, 0.25) is 5.91 Å². The maximum Gasteiger partial charge on any atom is 0.472 e. The van der Waals surface area contributed by atoms with Gasteiger partial charge in [-0.1, -0.05) is 121 Å². The number of aliphatic hydroxyl groups is 1. The number of rotatable bonds is 35. The van der Waals surface area contributed by atoms with Crippen molar-refractivity contribution in [3.8, 4) is 0 Å². The van der Waals surface area contributed by atoms with Crippen molar-refractivity contribution in [2.24, 2.45) is 0 Å². The van der Waals surface area contributed by atoms with Crippen LogP contribution in [0, 0.1) is 0 Å². The molecule has 3 N–H and O–H groups in total. The van der Waals surface area contributed by atoms with Crippen molar-refractivity contribution in [3.63, 3.8) is 0 Å². The van der Waals surface area contributed by atoms with Crippen molar-refractivity contribution in [2.75, 3.05) is 40.9 Å². The summed E-state index contributed by atoms with van der Waals surface area (Å²) in [6.45, 7) is 4.57. The highest BCUT2D eigenvalue weighted by Crippen LogP contribution is 2.43. The van der Waals surface area contributed by atoms with Crippen LogP contribution in [-0.2, 0) is 23.2 Å². The normalized spacial score (nSPS) is 15.0. The van der Waals surface area contributed by atoms with Gasteiger partial charge in [-0.25, -0.2) is 4.57 Å². The molecular formula is C41H76N2O7P+. The Balaban J connectivity index is 4.62. The van der Waals surface area contributed by atoms with Crippen LogP contribution in [0.3, 0.4) is 0 Å². The first-order chi connectivity index (χ1) is 24.4. The lowest BCUT2D eigenvalue weighted by Gasteiger charge is -2.25. The quantitative estimate of drug-likeness (QED) is 0.0148. The number of carbonyl (C=O) groups is 2. The molecule has 296 valence electrons. The number of allylic oxidation sites excluding steroid dienone is 7. The maximum absolute atomic E-state index is 12.8. The van der Waals surface area contributed by atoms with Crippen LogP contribution in [-0.4, -0.2) is 79.2 Å². The van der Waals surface area contributed by atoms with Gasteiger partial charge in [0.05, 0.1) is 39.9 Å². The molecule has 0 aromatic rings. The molecule has 10 heteroatoms. The third kappa shape index (κ3) is 35.0. The fraction of sp³-hybridized carbons (Fsp3) is 0.756. The summed E-state index contributed by atoms with van der Waals surface area (Å²) in [5.41, 5.74) is 0. The van der Waals surface area contributed by atoms with Crippen molar-refractivity contribution in [1.82, 2.24) is 5.32 Å². The maximum atomic E-state index is 12.8. The molecule has 0 bridgehead atoms. The van der Waals surface area contributed by atoms with Crippen molar-refractivity contribution >= 4 is 19.5 Å². The molecule has 0 aliphatic rings. The molecule has 0 heterocycles. The summed E-state index contributed by atoms with van der Waals surface area (Å²) in [4.78, 5) is 35.1. The monoisotopic (exact) mass is 740 g/mol. The Morgan fingerprint density at radius 1 is 0.706 bits per heavy atom. The van der Waals surface area contributed by atoms with Gasteiger partial charge in [-0.15, -0.1) is 0 Å². The Labute approximate surface area is 312 Å². The number of phosphoric acid groups is 1. The number of amides is 1. The number of nitrogens with zero attached hydrogens (tertiary/aromatic N) is 1. The van der Waals surface area contributed by atoms with E-state index in [1.807, 2.05) is 39.4 Å². The van der Waals surface area contributed by atoms with Gasteiger partial charge in [-0.2, -0.15) is 0 Å². The van der Waals surface area contributed by atoms with Gasteiger partial charge in [0.15, 0.2) is 5.78 Å². The summed E-state index contributed by atoms with van der Waals surface area (Å²) >= 11 is 0. The van der Waals surface area contributed by atoms with Gasteiger partial charge in [0, 0.05) is 12.8 Å². The molecule has 9 nitrogen and oxygen atoms in total. The molecule has 1 amide bonds. The van der Waals surface area contributed by atoms with E-state index >= 15 is 0 Å². The van der Waals surface area contributed by atoms with Gasteiger partial charge in [0.1, 0.15) is 13.2 Å². The highest BCUT2D eigenvalue weighted by atomic mass is 31.2. The summed E-state index contributed by atoms with van der Waals surface area (Å²) in [6.07, 6.45) is 35.6. The predicted octanol–water partition coefficient (Wildman–Crippen LogP) is 9.70. The molecular weight excluding hydrogens is 663 g/mol. The second-order valence-corrected chi connectivity index (χ2v) is 16.1. The summed E-state index contributed by atoms with van der Waals surface area (Å²) in [6, 6.07) is -0.896. The topological polar surface area (TPSA) is 122 Å². The van der Waals surface area contributed by atoms with E-state index in [0.29, 0.717) is 23.9 Å². The lowest BCUT2D eigenvalue weighted by atomic mass is 10.1. The average Bonchev–Trinajstić information content (AvgIpc) is 3.07. The minimum atomic E-state index is -4.37. The number of phosphoric ester groups is 1. The Kier molecular flexibility index (Phi) is 31.6. The zero-order chi connectivity index (χ0) is 38.1. The van der Waals surface area contributed by atoms with Crippen LogP contribution in [0.25, 0.3) is 0 Å². The van der Waals surface area contributed by atoms with E-state index in [9.17, 15) is 24.2 Å². The molecule has 0 fully saturated rings. The zero-order valence-electron chi connectivity index (χ0n) is 33.1. The Hall–Kier alpha value is -1.87. The zero-order valence-corrected chi connectivity index (χ0v) is 34.0. The van der Waals surface area contributed by atoms with E-state index in [-0.39, 0.29) is 31.3 Å². The third-order valence-electron chi connectivity index (χ3n) is 8.47. The molecule has 0 rings (SSSR count). The highest BCUT2D eigenvalue weighted by molar-refractivity contribution is 7.47. The van der Waals surface area contributed by atoms with Crippen molar-refractivity contribution < 1.29 is 37.7 Å². The summed E-state index contributed by atoms with van der Waals surface area (Å²) in [5, 5.41) is 13.7. The van der Waals surface area contributed by atoms with Gasteiger partial charge in [-0.05, 0) is 63.9 Å². The minimum Gasteiger partial charge on any atom is -0.387 e. The fourth-order valence-electron chi connectivity index (χ4n) is 5.20. The Morgan fingerprint density at radius 3 is 1.92 bits per heavy atom. The molecule has 0 aliphatic heterocycles. The van der Waals surface area contributed by atoms with Crippen LogP contribution >= 0.6 is 7.82 Å². The number of carbonyl (C=O) groups excluding carboxylic acids is 2. The van der Waals surface area contributed by atoms with Gasteiger partial charge in [-0.3, -0.25) is 18.6 Å². The van der Waals surface area contributed by atoms with Crippen molar-refractivity contribution in [2.45, 2.75) is 161 Å². The molecule has 1 unspecified atom stereocenters. The van der Waals surface area contributed by atoms with Crippen LogP contribution < -0.4 is 5.32 Å². The van der Waals surface area contributed by atoms with Gasteiger partial charge < -0.3 is 19.8 Å². The van der Waals surface area contributed by atoms with E-state index in [2.05, 4.69) is 37.4 Å². The first-order valence-electron chi connectivity index (χ1n) is 20.0. The lowest BCUT2D eigenvalue weighted by molar-refractivity contribution is -0.870. The SMILES string of the molecule is CCC/C=C\CCCCCCCC/C=C/[C@@H](O)[C@H](COP(=O)(O)OCC[N+](C)(C)C)NC(=O)CCCCCCCC(=O)/C=C/C=C\CCCCC. The largest absolute Gasteiger partial charge is 0.472 e. The van der Waals surface area contributed by atoms with Crippen LogP contribution in [0.1, 0.15) is 149 Å².